The van der Waals surface area contributed by atoms with E-state index in [1.165, 1.54) is 0 Å². The van der Waals surface area contributed by atoms with Gasteiger partial charge in [0.1, 0.15) is 0 Å². The highest BCUT2D eigenvalue weighted by Crippen LogP contribution is 2.41. The number of aromatic nitrogens is 8. The van der Waals surface area contributed by atoms with E-state index in [0.29, 0.717) is 46.1 Å². The topological polar surface area (TPSA) is 135 Å². The van der Waals surface area contributed by atoms with Crippen LogP contribution in [0.1, 0.15) is 11.1 Å². The normalized spacial score (nSPS) is 11.3. The van der Waals surface area contributed by atoms with Gasteiger partial charge in [-0.25, -0.2) is 29.9 Å². The summed E-state index contributed by atoms with van der Waals surface area (Å²) in [5.41, 5.74) is 15.7. The molecule has 10 heteroatoms. The molecule has 0 fully saturated rings. The van der Waals surface area contributed by atoms with Crippen molar-refractivity contribution in [3.05, 3.63) is 278 Å². The standard InChI is InChI=1S/C74H44N10/c75-45-47-32-35-66-61(38-47)59-28-13-15-30-64(59)83(66)58-42-56(41-57(43-58)73-79-69(49-18-5-1-6-19-49)77-70(80-73)50-20-7-2-8-21-50)54-27-17-26-53(40-54)55-34-37-68(84-65-31-16-14-29-60(65)62-39-48(46-76)33-36-67(62)84)63(44-55)74-81-71(51-22-9-3-10-23-51)78-72(82-74)52-24-11-4-12-25-52/h1-44H. The van der Waals surface area contributed by atoms with Gasteiger partial charge < -0.3 is 9.13 Å². The lowest BCUT2D eigenvalue weighted by Gasteiger charge is -2.17. The van der Waals surface area contributed by atoms with Crippen LogP contribution >= 0.6 is 0 Å². The lowest BCUT2D eigenvalue weighted by atomic mass is 9.95. The molecule has 0 bridgehead atoms. The Kier molecular flexibility index (Phi) is 12.0. The van der Waals surface area contributed by atoms with Gasteiger partial charge in [0.25, 0.3) is 0 Å². The predicted octanol–water partition coefficient (Wildman–Crippen LogP) is 17.3. The third-order valence-electron chi connectivity index (χ3n) is 15.4. The summed E-state index contributed by atoms with van der Waals surface area (Å²) < 4.78 is 4.52. The molecule has 4 heterocycles. The number of hydrogen-bond donors (Lipinski definition) is 0. The molecule has 84 heavy (non-hydrogen) atoms. The Morgan fingerprint density at radius 1 is 0.250 bits per heavy atom. The second-order valence-corrected chi connectivity index (χ2v) is 20.6. The molecule has 11 aromatic carbocycles. The van der Waals surface area contributed by atoms with E-state index in [1.54, 1.807) is 0 Å². The van der Waals surface area contributed by atoms with E-state index in [2.05, 4.69) is 112 Å². The summed E-state index contributed by atoms with van der Waals surface area (Å²) in [6.45, 7) is 0. The first-order valence-electron chi connectivity index (χ1n) is 27.5. The van der Waals surface area contributed by atoms with Crippen LogP contribution in [0.4, 0.5) is 0 Å². The molecule has 0 N–H and O–H groups in total. The van der Waals surface area contributed by atoms with Crippen LogP contribution in [-0.4, -0.2) is 39.0 Å². The van der Waals surface area contributed by atoms with Crippen LogP contribution in [0.25, 0.3) is 146 Å². The smallest absolute Gasteiger partial charge is 0.166 e. The van der Waals surface area contributed by atoms with Gasteiger partial charge in [0.15, 0.2) is 34.9 Å². The Hall–Kier alpha value is -12.0. The van der Waals surface area contributed by atoms with E-state index >= 15 is 0 Å². The third kappa shape index (κ3) is 8.77. The summed E-state index contributed by atoms with van der Waals surface area (Å²) in [7, 11) is 0. The van der Waals surface area contributed by atoms with E-state index in [1.807, 2.05) is 176 Å². The van der Waals surface area contributed by atoms with Crippen LogP contribution in [0.15, 0.2) is 267 Å². The minimum absolute atomic E-state index is 0.503. The van der Waals surface area contributed by atoms with E-state index < -0.39 is 0 Å². The maximum absolute atomic E-state index is 10.1. The molecule has 0 atom stereocenters. The quantitative estimate of drug-likeness (QED) is 0.132. The lowest BCUT2D eigenvalue weighted by Crippen LogP contribution is -2.04. The Labute approximate surface area is 482 Å². The third-order valence-corrected chi connectivity index (χ3v) is 15.4. The number of benzene rings is 11. The van der Waals surface area contributed by atoms with E-state index in [4.69, 9.17) is 29.9 Å². The first-order chi connectivity index (χ1) is 41.5. The first kappa shape index (κ1) is 49.1. The molecule has 0 saturated heterocycles. The zero-order valence-electron chi connectivity index (χ0n) is 44.9. The molecule has 15 rings (SSSR count). The molecule has 0 spiro atoms. The minimum Gasteiger partial charge on any atom is -0.309 e. The lowest BCUT2D eigenvalue weighted by molar-refractivity contribution is 1.06. The minimum atomic E-state index is 0.503. The molecule has 0 aliphatic rings. The monoisotopic (exact) mass is 1070 g/mol. The van der Waals surface area contributed by atoms with Crippen molar-refractivity contribution in [2.45, 2.75) is 0 Å². The Balaban J connectivity index is 0.958. The number of nitrogens with zero attached hydrogens (tertiary/aromatic N) is 10. The second-order valence-electron chi connectivity index (χ2n) is 20.6. The summed E-state index contributed by atoms with van der Waals surface area (Å²) in [5, 5.41) is 24.2. The first-order valence-corrected chi connectivity index (χ1v) is 27.5. The van der Waals surface area contributed by atoms with Crippen molar-refractivity contribution in [1.29, 1.82) is 10.5 Å². The SMILES string of the molecule is N#Cc1ccc2c(c1)c1ccccc1n2-c1cc(-c2cccc(-c3ccc(-n4c5ccccc5c5cc(C#N)ccc54)c(-c4nc(-c5ccccc5)nc(-c5ccccc5)n4)c3)c2)cc(-c2nc(-c3ccccc3)nc(-c3ccccc3)n2)c1. The molecule has 0 saturated carbocycles. The van der Waals surface area contributed by atoms with E-state index in [-0.39, 0.29) is 0 Å². The predicted molar refractivity (Wildman–Crippen MR) is 335 cm³/mol. The number of para-hydroxylation sites is 2. The highest BCUT2D eigenvalue weighted by molar-refractivity contribution is 6.11. The summed E-state index contributed by atoms with van der Waals surface area (Å²) in [6.07, 6.45) is 0. The van der Waals surface area contributed by atoms with Gasteiger partial charge in [0.05, 0.1) is 51.0 Å². The summed E-state index contributed by atoms with van der Waals surface area (Å²) in [5.74, 6) is 3.24. The molecular weight excluding hydrogens is 1030 g/mol. The zero-order valence-corrected chi connectivity index (χ0v) is 44.9. The van der Waals surface area contributed by atoms with Crippen molar-refractivity contribution < 1.29 is 0 Å². The molecule has 0 aliphatic carbocycles. The molecule has 0 radical (unpaired) electrons. The molecular formula is C74H44N10. The van der Waals surface area contributed by atoms with Crippen LogP contribution in [-0.2, 0) is 0 Å². The van der Waals surface area contributed by atoms with E-state index in [9.17, 15) is 10.5 Å². The molecule has 390 valence electrons. The highest BCUT2D eigenvalue weighted by Gasteiger charge is 2.23. The summed E-state index contributed by atoms with van der Waals surface area (Å²) >= 11 is 0. The van der Waals surface area contributed by atoms with Gasteiger partial charge in [-0.05, 0) is 107 Å². The average molecular weight is 1070 g/mol. The van der Waals surface area contributed by atoms with Gasteiger partial charge in [-0.1, -0.05) is 182 Å². The second kappa shape index (κ2) is 20.6. The van der Waals surface area contributed by atoms with Crippen LogP contribution in [0.5, 0.6) is 0 Å². The fraction of sp³-hybridized carbons (Fsp3) is 0. The molecule has 15 aromatic rings. The van der Waals surface area contributed by atoms with Gasteiger partial charge >= 0.3 is 0 Å². The van der Waals surface area contributed by atoms with Gasteiger partial charge in [0, 0.05) is 60.6 Å². The van der Waals surface area contributed by atoms with Gasteiger partial charge in [-0.2, -0.15) is 10.5 Å². The van der Waals surface area contributed by atoms with Gasteiger partial charge in [-0.3, -0.25) is 0 Å². The van der Waals surface area contributed by atoms with Crippen molar-refractivity contribution in [2.24, 2.45) is 0 Å². The Morgan fingerprint density at radius 3 is 1.12 bits per heavy atom. The van der Waals surface area contributed by atoms with Crippen molar-refractivity contribution in [3.63, 3.8) is 0 Å². The molecule has 4 aromatic heterocycles. The number of hydrogen-bond acceptors (Lipinski definition) is 8. The van der Waals surface area contributed by atoms with Gasteiger partial charge in [0.2, 0.25) is 0 Å². The van der Waals surface area contributed by atoms with Crippen molar-refractivity contribution in [2.75, 3.05) is 0 Å². The Bertz CT molecular complexity index is 5040. The van der Waals surface area contributed by atoms with Crippen LogP contribution in [0.2, 0.25) is 0 Å². The van der Waals surface area contributed by atoms with Crippen molar-refractivity contribution in [3.8, 4) is 114 Å². The summed E-state index contributed by atoms with van der Waals surface area (Å²) in [6, 6.07) is 94.8. The van der Waals surface area contributed by atoms with Crippen LogP contribution < -0.4 is 0 Å². The molecule has 0 unspecified atom stereocenters. The molecule has 0 aliphatic heterocycles. The summed E-state index contributed by atoms with van der Waals surface area (Å²) in [4.78, 5) is 31.2. The fourth-order valence-electron chi connectivity index (χ4n) is 11.5. The largest absolute Gasteiger partial charge is 0.309 e. The Morgan fingerprint density at radius 2 is 0.619 bits per heavy atom. The van der Waals surface area contributed by atoms with Crippen molar-refractivity contribution >= 4 is 43.6 Å². The van der Waals surface area contributed by atoms with Crippen LogP contribution in [0, 0.1) is 22.7 Å². The molecule has 10 nitrogen and oxygen atoms in total. The number of fused-ring (bicyclic) bond motifs is 6. The van der Waals surface area contributed by atoms with Gasteiger partial charge in [-0.15, -0.1) is 0 Å². The average Bonchev–Trinajstić information content (AvgIpc) is 2.21. The highest BCUT2D eigenvalue weighted by atomic mass is 15.1. The molecule has 0 amide bonds. The van der Waals surface area contributed by atoms with E-state index in [0.717, 1.165) is 111 Å². The maximum atomic E-state index is 10.1. The number of nitriles is 2. The maximum Gasteiger partial charge on any atom is 0.166 e. The number of rotatable bonds is 10. The zero-order chi connectivity index (χ0) is 56.1. The van der Waals surface area contributed by atoms with Crippen molar-refractivity contribution in [1.82, 2.24) is 39.0 Å². The van der Waals surface area contributed by atoms with Crippen LogP contribution in [0.3, 0.4) is 0 Å². The fourth-order valence-corrected chi connectivity index (χ4v) is 11.5.